The fourth-order valence-electron chi connectivity index (χ4n) is 2.40. The molecule has 1 rings (SSSR count). The van der Waals surface area contributed by atoms with Gasteiger partial charge < -0.3 is 15.3 Å². The number of hydrogen-bond donors (Lipinski definition) is 2. The van der Waals surface area contributed by atoms with Gasteiger partial charge in [0.1, 0.15) is 0 Å². The smallest absolute Gasteiger partial charge is 0.0611 e. The van der Waals surface area contributed by atoms with E-state index < -0.39 is 0 Å². The van der Waals surface area contributed by atoms with E-state index in [0.717, 1.165) is 12.3 Å². The zero-order valence-electron chi connectivity index (χ0n) is 10.6. The molecule has 0 aromatic heterocycles. The number of aliphatic hydroxyl groups is 1. The summed E-state index contributed by atoms with van der Waals surface area (Å²) in [6, 6.07) is 0.555. The van der Waals surface area contributed by atoms with Crippen LogP contribution in [0.5, 0.6) is 0 Å². The van der Waals surface area contributed by atoms with Crippen molar-refractivity contribution >= 4 is 0 Å². The van der Waals surface area contributed by atoms with E-state index in [1.165, 1.54) is 19.5 Å². The van der Waals surface area contributed by atoms with E-state index in [1.807, 2.05) is 7.05 Å². The highest BCUT2D eigenvalue weighted by atomic mass is 16.3. The summed E-state index contributed by atoms with van der Waals surface area (Å²) in [6.07, 6.45) is 2.33. The Bertz CT molecular complexity index is 192. The molecular weight excluding hydrogens is 188 g/mol. The second-order valence-electron chi connectivity index (χ2n) is 5.41. The van der Waals surface area contributed by atoms with Gasteiger partial charge in [0.15, 0.2) is 0 Å². The molecule has 1 aliphatic rings. The molecule has 1 heterocycles. The van der Waals surface area contributed by atoms with Crippen LogP contribution in [0.2, 0.25) is 0 Å². The number of rotatable bonds is 5. The summed E-state index contributed by atoms with van der Waals surface area (Å²) in [6.45, 7) is 9.31. The van der Waals surface area contributed by atoms with Gasteiger partial charge in [-0.3, -0.25) is 0 Å². The number of hydrogen-bond acceptors (Lipinski definition) is 3. The van der Waals surface area contributed by atoms with Crippen molar-refractivity contribution in [3.8, 4) is 0 Å². The highest BCUT2D eigenvalue weighted by molar-refractivity contribution is 4.87. The molecule has 0 aromatic rings. The lowest BCUT2D eigenvalue weighted by molar-refractivity contribution is 0.130. The largest absolute Gasteiger partial charge is 0.394 e. The van der Waals surface area contributed by atoms with Gasteiger partial charge in [0, 0.05) is 18.1 Å². The van der Waals surface area contributed by atoms with Gasteiger partial charge in [-0.1, -0.05) is 6.92 Å². The topological polar surface area (TPSA) is 35.5 Å². The van der Waals surface area contributed by atoms with Crippen LogP contribution in [-0.2, 0) is 0 Å². The second kappa shape index (κ2) is 5.28. The van der Waals surface area contributed by atoms with Crippen LogP contribution in [-0.4, -0.2) is 48.3 Å². The molecule has 3 atom stereocenters. The zero-order chi connectivity index (χ0) is 11.5. The lowest BCUT2D eigenvalue weighted by Crippen LogP contribution is -2.48. The number of likely N-dealkylation sites (tertiary alicyclic amines) is 1. The minimum Gasteiger partial charge on any atom is -0.394 e. The molecule has 0 bridgehead atoms. The lowest BCUT2D eigenvalue weighted by Gasteiger charge is -2.34. The molecular formula is C12H26N2O. The molecule has 3 nitrogen and oxygen atoms in total. The van der Waals surface area contributed by atoms with E-state index in [4.69, 9.17) is 0 Å². The fraction of sp³-hybridized carbons (Fsp3) is 1.00. The number of aliphatic hydroxyl groups excluding tert-OH is 1. The molecule has 0 radical (unpaired) electrons. The predicted molar refractivity (Wildman–Crippen MR) is 64.0 cm³/mol. The van der Waals surface area contributed by atoms with Crippen LogP contribution in [0.25, 0.3) is 0 Å². The first-order chi connectivity index (χ1) is 7.00. The van der Waals surface area contributed by atoms with Crippen LogP contribution in [0.15, 0.2) is 0 Å². The van der Waals surface area contributed by atoms with Gasteiger partial charge in [0.2, 0.25) is 0 Å². The molecule has 3 unspecified atom stereocenters. The summed E-state index contributed by atoms with van der Waals surface area (Å²) >= 11 is 0. The molecule has 0 aliphatic carbocycles. The zero-order valence-corrected chi connectivity index (χ0v) is 10.6. The third kappa shape index (κ3) is 3.44. The summed E-state index contributed by atoms with van der Waals surface area (Å²) in [5.41, 5.74) is -0.134. The molecule has 0 amide bonds. The number of nitrogens with one attached hydrogen (secondary N) is 1. The Kier molecular flexibility index (Phi) is 4.56. The maximum Gasteiger partial charge on any atom is 0.0611 e. The molecule has 0 aromatic carbocycles. The Morgan fingerprint density at radius 3 is 2.67 bits per heavy atom. The van der Waals surface area contributed by atoms with E-state index in [0.29, 0.717) is 6.04 Å². The standard InChI is InChI=1S/C12H26N2O/c1-10-5-6-14(8-10)11(2)7-12(3,9-15)13-4/h10-11,13,15H,5-9H2,1-4H3. The first kappa shape index (κ1) is 12.9. The van der Waals surface area contributed by atoms with E-state index >= 15 is 0 Å². The molecule has 1 aliphatic heterocycles. The summed E-state index contributed by atoms with van der Waals surface area (Å²) in [4.78, 5) is 2.54. The Balaban J connectivity index is 2.44. The van der Waals surface area contributed by atoms with Gasteiger partial charge in [-0.15, -0.1) is 0 Å². The molecule has 0 saturated carbocycles. The van der Waals surface area contributed by atoms with E-state index in [2.05, 4.69) is 31.0 Å². The van der Waals surface area contributed by atoms with E-state index in [9.17, 15) is 5.11 Å². The average Bonchev–Trinajstić information content (AvgIpc) is 2.65. The summed E-state index contributed by atoms with van der Waals surface area (Å²) in [7, 11) is 1.93. The van der Waals surface area contributed by atoms with Gasteiger partial charge in [0.05, 0.1) is 6.61 Å². The number of nitrogens with zero attached hydrogens (tertiary/aromatic N) is 1. The van der Waals surface area contributed by atoms with Crippen LogP contribution < -0.4 is 5.32 Å². The average molecular weight is 214 g/mol. The van der Waals surface area contributed by atoms with Gasteiger partial charge in [-0.05, 0) is 46.2 Å². The van der Waals surface area contributed by atoms with Crippen molar-refractivity contribution in [1.29, 1.82) is 0 Å². The van der Waals surface area contributed by atoms with Crippen LogP contribution >= 0.6 is 0 Å². The van der Waals surface area contributed by atoms with Gasteiger partial charge in [0.25, 0.3) is 0 Å². The van der Waals surface area contributed by atoms with Gasteiger partial charge in [-0.2, -0.15) is 0 Å². The van der Waals surface area contributed by atoms with Crippen LogP contribution in [0.3, 0.4) is 0 Å². The van der Waals surface area contributed by atoms with Crippen LogP contribution in [0.1, 0.15) is 33.6 Å². The summed E-state index contributed by atoms with van der Waals surface area (Å²) < 4.78 is 0. The minimum atomic E-state index is -0.134. The first-order valence-electron chi connectivity index (χ1n) is 6.04. The highest BCUT2D eigenvalue weighted by Gasteiger charge is 2.29. The third-order valence-corrected chi connectivity index (χ3v) is 3.78. The summed E-state index contributed by atoms with van der Waals surface area (Å²) in [5, 5.41) is 12.6. The Morgan fingerprint density at radius 2 is 2.27 bits per heavy atom. The van der Waals surface area contributed by atoms with Gasteiger partial charge in [-0.25, -0.2) is 0 Å². The molecule has 3 heteroatoms. The molecule has 1 fully saturated rings. The van der Waals surface area contributed by atoms with Crippen molar-refractivity contribution in [2.75, 3.05) is 26.7 Å². The monoisotopic (exact) mass is 214 g/mol. The second-order valence-corrected chi connectivity index (χ2v) is 5.41. The fourth-order valence-corrected chi connectivity index (χ4v) is 2.40. The SMILES string of the molecule is CNC(C)(CO)CC(C)N1CCC(C)C1. The predicted octanol–water partition coefficient (Wildman–Crippen LogP) is 1.08. The van der Waals surface area contributed by atoms with E-state index in [-0.39, 0.29) is 12.1 Å². The normalized spacial score (nSPS) is 29.0. The minimum absolute atomic E-state index is 0.134. The van der Waals surface area contributed by atoms with E-state index in [1.54, 1.807) is 0 Å². The quantitative estimate of drug-likeness (QED) is 0.719. The Labute approximate surface area is 93.9 Å². The van der Waals surface area contributed by atoms with Crippen LogP contribution in [0, 0.1) is 5.92 Å². The Morgan fingerprint density at radius 1 is 1.60 bits per heavy atom. The van der Waals surface area contributed by atoms with Crippen molar-refractivity contribution in [3.63, 3.8) is 0 Å². The van der Waals surface area contributed by atoms with Crippen LogP contribution in [0.4, 0.5) is 0 Å². The van der Waals surface area contributed by atoms with Gasteiger partial charge >= 0.3 is 0 Å². The molecule has 15 heavy (non-hydrogen) atoms. The van der Waals surface area contributed by atoms with Crippen molar-refractivity contribution in [1.82, 2.24) is 10.2 Å². The van der Waals surface area contributed by atoms with Crippen molar-refractivity contribution in [2.45, 2.75) is 45.2 Å². The number of likely N-dealkylation sites (N-methyl/N-ethyl adjacent to an activating group) is 1. The molecule has 0 spiro atoms. The summed E-state index contributed by atoms with van der Waals surface area (Å²) in [5.74, 6) is 0.836. The first-order valence-corrected chi connectivity index (χ1v) is 6.04. The molecule has 90 valence electrons. The maximum atomic E-state index is 9.35. The van der Waals surface area contributed by atoms with Crippen molar-refractivity contribution in [3.05, 3.63) is 0 Å². The molecule has 2 N–H and O–H groups in total. The van der Waals surface area contributed by atoms with Crippen molar-refractivity contribution in [2.24, 2.45) is 5.92 Å². The Hall–Kier alpha value is -0.120. The van der Waals surface area contributed by atoms with Crippen molar-refractivity contribution < 1.29 is 5.11 Å². The third-order valence-electron chi connectivity index (χ3n) is 3.78. The maximum absolute atomic E-state index is 9.35. The molecule has 1 saturated heterocycles. The highest BCUT2D eigenvalue weighted by Crippen LogP contribution is 2.22. The lowest BCUT2D eigenvalue weighted by atomic mass is 9.94.